The van der Waals surface area contributed by atoms with E-state index >= 15 is 0 Å². The highest BCUT2D eigenvalue weighted by Crippen LogP contribution is 2.42. The van der Waals surface area contributed by atoms with Crippen molar-refractivity contribution in [1.82, 2.24) is 9.80 Å². The van der Waals surface area contributed by atoms with E-state index < -0.39 is 6.29 Å². The molecule has 0 aliphatic carbocycles. The predicted molar refractivity (Wildman–Crippen MR) is 176 cm³/mol. The zero-order chi connectivity index (χ0) is 31.6. The molecule has 7 nitrogen and oxygen atoms in total. The number of aliphatic hydroxyl groups is 1. The van der Waals surface area contributed by atoms with Crippen molar-refractivity contribution >= 4 is 11.8 Å². The first-order chi connectivity index (χ1) is 22.5. The van der Waals surface area contributed by atoms with Crippen LogP contribution in [0.3, 0.4) is 0 Å². The zero-order valence-electron chi connectivity index (χ0n) is 26.2. The number of aliphatic hydroxyl groups excluding tert-OH is 1. The summed E-state index contributed by atoms with van der Waals surface area (Å²) in [4.78, 5) is 29.8. The monoisotopic (exact) mass is 616 g/mol. The molecule has 0 saturated carbocycles. The van der Waals surface area contributed by atoms with E-state index in [0.717, 1.165) is 53.0 Å². The molecular formula is C39H40N2O5. The fourth-order valence-corrected chi connectivity index (χ4v) is 7.00. The highest BCUT2D eigenvalue weighted by Gasteiger charge is 2.39. The van der Waals surface area contributed by atoms with Gasteiger partial charge in [-0.1, -0.05) is 86.1 Å². The van der Waals surface area contributed by atoms with Crippen LogP contribution in [0.1, 0.15) is 81.5 Å². The van der Waals surface area contributed by atoms with E-state index in [9.17, 15) is 14.7 Å². The van der Waals surface area contributed by atoms with Gasteiger partial charge >= 0.3 is 0 Å². The number of carbonyl (C=O) groups excluding carboxylic acids is 2. The van der Waals surface area contributed by atoms with E-state index in [4.69, 9.17) is 9.47 Å². The van der Waals surface area contributed by atoms with Crippen LogP contribution in [0.25, 0.3) is 11.1 Å². The number of nitrogens with zero attached hydrogens (tertiary/aromatic N) is 2. The van der Waals surface area contributed by atoms with Crippen molar-refractivity contribution in [2.75, 3.05) is 19.6 Å². The van der Waals surface area contributed by atoms with Crippen molar-refractivity contribution in [2.45, 2.75) is 57.8 Å². The Kier molecular flexibility index (Phi) is 8.82. The minimum absolute atomic E-state index is 0.00832. The van der Waals surface area contributed by atoms with Crippen LogP contribution in [0.2, 0.25) is 0 Å². The maximum absolute atomic E-state index is 13.0. The molecule has 2 amide bonds. The quantitative estimate of drug-likeness (QED) is 0.217. The summed E-state index contributed by atoms with van der Waals surface area (Å²) in [5, 5.41) is 9.59. The number of benzene rings is 4. The molecule has 4 unspecified atom stereocenters. The number of amides is 2. The standard InChI is InChI=1S/C39H40N2O5/c1-26-35(24-40-19-5-2-6-20-40)45-39(46-36(26)29-17-15-27(25-42)16-18-29)32-12-8-11-31(22-32)30-10-7-9-28(21-30)23-41-37(43)33-13-3-4-14-34(33)38(41)44/h3-4,7-18,21-22,26,35-36,39,42H,2,5-6,19-20,23-25H2,1H3. The minimum Gasteiger partial charge on any atom is -0.392 e. The fraction of sp³-hybridized carbons (Fsp3) is 0.333. The number of likely N-dealkylation sites (tertiary alicyclic amines) is 1. The molecule has 3 aliphatic heterocycles. The Hall–Kier alpha value is -4.14. The Morgan fingerprint density at radius 2 is 1.39 bits per heavy atom. The molecular weight excluding hydrogens is 576 g/mol. The highest BCUT2D eigenvalue weighted by molar-refractivity contribution is 6.21. The van der Waals surface area contributed by atoms with Gasteiger partial charge in [-0.15, -0.1) is 0 Å². The van der Waals surface area contributed by atoms with Crippen molar-refractivity contribution in [3.8, 4) is 11.1 Å². The number of ether oxygens (including phenoxy) is 2. The van der Waals surface area contributed by atoms with Gasteiger partial charge in [0, 0.05) is 18.0 Å². The summed E-state index contributed by atoms with van der Waals surface area (Å²) in [5.74, 6) is -0.373. The van der Waals surface area contributed by atoms with Gasteiger partial charge in [-0.25, -0.2) is 0 Å². The van der Waals surface area contributed by atoms with Gasteiger partial charge < -0.3 is 19.5 Å². The average molecular weight is 617 g/mol. The average Bonchev–Trinajstić information content (AvgIpc) is 3.34. The molecule has 1 N–H and O–H groups in total. The molecule has 4 aromatic carbocycles. The van der Waals surface area contributed by atoms with Crippen LogP contribution in [-0.4, -0.2) is 52.5 Å². The molecule has 0 bridgehead atoms. The summed E-state index contributed by atoms with van der Waals surface area (Å²) >= 11 is 0. The number of hydrogen-bond donors (Lipinski definition) is 1. The van der Waals surface area contributed by atoms with Crippen molar-refractivity contribution in [3.05, 3.63) is 130 Å². The number of imide groups is 1. The first-order valence-corrected chi connectivity index (χ1v) is 16.4. The first kappa shape index (κ1) is 30.5. The molecule has 46 heavy (non-hydrogen) atoms. The summed E-state index contributed by atoms with van der Waals surface area (Å²) in [6.45, 7) is 5.50. The lowest BCUT2D eigenvalue weighted by Crippen LogP contribution is -2.45. The topological polar surface area (TPSA) is 79.3 Å². The maximum Gasteiger partial charge on any atom is 0.261 e. The second-order valence-electron chi connectivity index (χ2n) is 12.8. The summed E-state index contributed by atoms with van der Waals surface area (Å²) in [6, 6.07) is 31.3. The summed E-state index contributed by atoms with van der Waals surface area (Å²) < 4.78 is 13.5. The molecule has 4 atom stereocenters. The van der Waals surface area contributed by atoms with Crippen LogP contribution < -0.4 is 0 Å². The maximum atomic E-state index is 13.0. The van der Waals surface area contributed by atoms with Crippen LogP contribution in [0, 0.1) is 5.92 Å². The van der Waals surface area contributed by atoms with Crippen molar-refractivity contribution in [2.24, 2.45) is 5.92 Å². The van der Waals surface area contributed by atoms with Gasteiger partial charge in [0.25, 0.3) is 11.8 Å². The van der Waals surface area contributed by atoms with Crippen LogP contribution in [0.5, 0.6) is 0 Å². The third kappa shape index (κ3) is 6.16. The van der Waals surface area contributed by atoms with Crippen molar-refractivity contribution in [3.63, 3.8) is 0 Å². The van der Waals surface area contributed by atoms with E-state index in [1.165, 1.54) is 24.2 Å². The Morgan fingerprint density at radius 1 is 0.717 bits per heavy atom. The Bertz CT molecular complexity index is 1680. The van der Waals surface area contributed by atoms with Gasteiger partial charge in [-0.2, -0.15) is 0 Å². The number of hydrogen-bond acceptors (Lipinski definition) is 6. The predicted octanol–water partition coefficient (Wildman–Crippen LogP) is 6.92. The van der Waals surface area contributed by atoms with Gasteiger partial charge in [-0.3, -0.25) is 14.5 Å². The SMILES string of the molecule is CC1C(CN2CCCCC2)OC(c2cccc(-c3cccc(CN4C(=O)c5ccccc5C4=O)c3)c2)OC1c1ccc(CO)cc1. The van der Waals surface area contributed by atoms with Gasteiger partial charge in [0.15, 0.2) is 6.29 Å². The van der Waals surface area contributed by atoms with Gasteiger partial charge in [0.05, 0.1) is 36.5 Å². The van der Waals surface area contributed by atoms with E-state index in [1.54, 1.807) is 24.3 Å². The molecule has 7 heteroatoms. The second-order valence-corrected chi connectivity index (χ2v) is 12.8. The molecule has 0 radical (unpaired) electrons. The Morgan fingerprint density at radius 3 is 2.09 bits per heavy atom. The smallest absolute Gasteiger partial charge is 0.261 e. The third-order valence-electron chi connectivity index (χ3n) is 9.65. The van der Waals surface area contributed by atoms with Gasteiger partial charge in [0.2, 0.25) is 0 Å². The first-order valence-electron chi connectivity index (χ1n) is 16.4. The number of fused-ring (bicyclic) bond motifs is 1. The molecule has 4 aromatic rings. The molecule has 236 valence electrons. The zero-order valence-corrected chi connectivity index (χ0v) is 26.2. The summed E-state index contributed by atoms with van der Waals surface area (Å²) in [6.07, 6.45) is 3.02. The largest absolute Gasteiger partial charge is 0.392 e. The second kappa shape index (κ2) is 13.3. The summed E-state index contributed by atoms with van der Waals surface area (Å²) in [5.41, 5.74) is 6.69. The van der Waals surface area contributed by atoms with Crippen molar-refractivity contribution < 1.29 is 24.2 Å². The molecule has 2 fully saturated rings. The Balaban J connectivity index is 1.14. The summed E-state index contributed by atoms with van der Waals surface area (Å²) in [7, 11) is 0. The fourth-order valence-electron chi connectivity index (χ4n) is 7.00. The van der Waals surface area contributed by atoms with Crippen LogP contribution in [0.15, 0.2) is 97.1 Å². The van der Waals surface area contributed by atoms with E-state index in [2.05, 4.69) is 42.2 Å². The molecule has 3 heterocycles. The van der Waals surface area contributed by atoms with Crippen LogP contribution in [0.4, 0.5) is 0 Å². The number of piperidine rings is 1. The van der Waals surface area contributed by atoms with Crippen LogP contribution in [-0.2, 0) is 22.6 Å². The lowest BCUT2D eigenvalue weighted by Gasteiger charge is -2.43. The minimum atomic E-state index is -0.546. The van der Waals surface area contributed by atoms with E-state index in [1.807, 2.05) is 42.5 Å². The van der Waals surface area contributed by atoms with Crippen molar-refractivity contribution in [1.29, 1.82) is 0 Å². The van der Waals surface area contributed by atoms with Crippen LogP contribution >= 0.6 is 0 Å². The Labute approximate surface area is 270 Å². The molecule has 0 spiro atoms. The van der Waals surface area contributed by atoms with Gasteiger partial charge in [-0.05, 0) is 78.0 Å². The molecule has 2 saturated heterocycles. The third-order valence-corrected chi connectivity index (χ3v) is 9.65. The number of carbonyl (C=O) groups is 2. The van der Waals surface area contributed by atoms with Gasteiger partial charge in [0.1, 0.15) is 0 Å². The molecule has 3 aliphatic rings. The lowest BCUT2D eigenvalue weighted by atomic mass is 9.89. The van der Waals surface area contributed by atoms with E-state index in [0.29, 0.717) is 11.1 Å². The lowest BCUT2D eigenvalue weighted by molar-refractivity contribution is -0.276. The number of rotatable bonds is 8. The normalized spacial score (nSPS) is 23.5. The molecule has 0 aromatic heterocycles. The van der Waals surface area contributed by atoms with E-state index in [-0.39, 0.29) is 43.1 Å². The highest BCUT2D eigenvalue weighted by atomic mass is 16.7. The molecule has 7 rings (SSSR count).